The maximum absolute atomic E-state index is 12.8. The predicted molar refractivity (Wildman–Crippen MR) is 125 cm³/mol. The summed E-state index contributed by atoms with van der Waals surface area (Å²) in [5, 5.41) is 5.36. The van der Waals surface area contributed by atoms with Crippen molar-refractivity contribution in [2.24, 2.45) is 0 Å². The molecule has 0 saturated carbocycles. The Morgan fingerprint density at radius 3 is 2.58 bits per heavy atom. The molecular weight excluding hydrogens is 410 g/mol. The van der Waals surface area contributed by atoms with Crippen LogP contribution < -0.4 is 4.74 Å². The third kappa shape index (κ3) is 5.00. The molecule has 2 aromatic carbocycles. The zero-order valence-corrected chi connectivity index (χ0v) is 19.3. The van der Waals surface area contributed by atoms with Gasteiger partial charge < -0.3 is 9.64 Å². The molecule has 0 N–H and O–H groups in total. The van der Waals surface area contributed by atoms with Crippen LogP contribution in [0.3, 0.4) is 0 Å². The van der Waals surface area contributed by atoms with Gasteiger partial charge in [0.1, 0.15) is 5.75 Å². The number of ether oxygens (including phenoxy) is 1. The number of rotatable bonds is 7. The Bertz CT molecular complexity index is 1100. The van der Waals surface area contributed by atoms with E-state index in [1.807, 2.05) is 80.1 Å². The van der Waals surface area contributed by atoms with Gasteiger partial charge in [-0.1, -0.05) is 48.0 Å². The van der Waals surface area contributed by atoms with Crippen molar-refractivity contribution in [1.29, 1.82) is 0 Å². The summed E-state index contributed by atoms with van der Waals surface area (Å²) in [6, 6.07) is 15.4. The highest BCUT2D eigenvalue weighted by Gasteiger charge is 2.19. The van der Waals surface area contributed by atoms with E-state index >= 15 is 0 Å². The Labute approximate surface area is 188 Å². The van der Waals surface area contributed by atoms with Crippen molar-refractivity contribution in [2.75, 3.05) is 14.2 Å². The molecule has 0 fully saturated rings. The van der Waals surface area contributed by atoms with Crippen molar-refractivity contribution < 1.29 is 9.53 Å². The first-order valence-electron chi connectivity index (χ1n) is 10.2. The highest BCUT2D eigenvalue weighted by atomic mass is 35.5. The minimum absolute atomic E-state index is 0.0870. The molecule has 0 aliphatic carbocycles. The average molecular weight is 438 g/mol. The summed E-state index contributed by atoms with van der Waals surface area (Å²) in [5.74, 6) is 0.683. The van der Waals surface area contributed by atoms with Crippen LogP contribution >= 0.6 is 11.6 Å². The second-order valence-corrected chi connectivity index (χ2v) is 7.94. The van der Waals surface area contributed by atoms with E-state index in [1.54, 1.807) is 25.1 Å². The van der Waals surface area contributed by atoms with E-state index in [0.717, 1.165) is 33.8 Å². The largest absolute Gasteiger partial charge is 0.496 e. The van der Waals surface area contributed by atoms with Gasteiger partial charge >= 0.3 is 0 Å². The molecule has 0 aliphatic heterocycles. The van der Waals surface area contributed by atoms with Crippen molar-refractivity contribution in [3.05, 3.63) is 87.7 Å². The number of amides is 1. The number of aryl methyl sites for hydroxylation is 1. The fourth-order valence-electron chi connectivity index (χ4n) is 3.58. The lowest BCUT2D eigenvalue weighted by molar-refractivity contribution is -0.126. The maximum atomic E-state index is 12.8. The van der Waals surface area contributed by atoms with Gasteiger partial charge in [0.25, 0.3) is 0 Å². The number of methoxy groups -OCH3 is 1. The Morgan fingerprint density at radius 1 is 1.19 bits per heavy atom. The second-order valence-electron chi connectivity index (χ2n) is 7.53. The molecule has 3 aromatic rings. The Balaban J connectivity index is 1.77. The number of carbonyl (C=O) groups is 1. The molecule has 1 heterocycles. The summed E-state index contributed by atoms with van der Waals surface area (Å²) < 4.78 is 7.36. The van der Waals surface area contributed by atoms with Gasteiger partial charge in [0.2, 0.25) is 5.91 Å². The molecule has 31 heavy (non-hydrogen) atoms. The number of likely N-dealkylation sites (N-methyl/N-ethyl adjacent to an activating group) is 1. The fourth-order valence-corrected chi connectivity index (χ4v) is 3.77. The van der Waals surface area contributed by atoms with Gasteiger partial charge in [-0.15, -0.1) is 0 Å². The molecule has 162 valence electrons. The first-order chi connectivity index (χ1) is 14.8. The number of carbonyl (C=O) groups excluding carboxylic acids is 1. The van der Waals surface area contributed by atoms with E-state index < -0.39 is 0 Å². The van der Waals surface area contributed by atoms with Crippen LogP contribution in [0.25, 0.3) is 6.08 Å². The second kappa shape index (κ2) is 9.84. The van der Waals surface area contributed by atoms with Crippen LogP contribution in [0.4, 0.5) is 0 Å². The van der Waals surface area contributed by atoms with Crippen LogP contribution in [0, 0.1) is 13.8 Å². The lowest BCUT2D eigenvalue weighted by atomic mass is 10.1. The number of halogens is 1. The molecule has 0 saturated heterocycles. The monoisotopic (exact) mass is 437 g/mol. The molecule has 1 atom stereocenters. The van der Waals surface area contributed by atoms with Crippen LogP contribution in [0.2, 0.25) is 5.02 Å². The van der Waals surface area contributed by atoms with Crippen molar-refractivity contribution >= 4 is 23.6 Å². The number of hydrogen-bond acceptors (Lipinski definition) is 3. The number of hydrogen-bond donors (Lipinski definition) is 0. The SMILES string of the molecule is COc1ccccc1C(C)N(C)C(=O)/C=C/c1c(C)nn(Cc2ccccc2Cl)c1C. The molecular formula is C25H28ClN3O2. The maximum Gasteiger partial charge on any atom is 0.246 e. The lowest BCUT2D eigenvalue weighted by Crippen LogP contribution is -2.28. The van der Waals surface area contributed by atoms with Crippen molar-refractivity contribution in [3.63, 3.8) is 0 Å². The minimum Gasteiger partial charge on any atom is -0.496 e. The van der Waals surface area contributed by atoms with Gasteiger partial charge in [0, 0.05) is 35.0 Å². The third-order valence-corrected chi connectivity index (χ3v) is 5.99. The van der Waals surface area contributed by atoms with E-state index in [4.69, 9.17) is 16.3 Å². The zero-order valence-electron chi connectivity index (χ0n) is 18.6. The van der Waals surface area contributed by atoms with Gasteiger partial charge in [-0.05, 0) is 44.5 Å². The summed E-state index contributed by atoms with van der Waals surface area (Å²) in [4.78, 5) is 14.6. The number of para-hydroxylation sites is 1. The topological polar surface area (TPSA) is 47.4 Å². The van der Waals surface area contributed by atoms with Crippen LogP contribution in [0.1, 0.15) is 41.0 Å². The normalized spacial score (nSPS) is 12.2. The predicted octanol–water partition coefficient (Wildman–Crippen LogP) is 5.44. The van der Waals surface area contributed by atoms with E-state index in [1.165, 1.54) is 0 Å². The van der Waals surface area contributed by atoms with Crippen molar-refractivity contribution in [2.45, 2.75) is 33.4 Å². The molecule has 0 bridgehead atoms. The highest BCUT2D eigenvalue weighted by molar-refractivity contribution is 6.31. The van der Waals surface area contributed by atoms with Gasteiger partial charge in [-0.2, -0.15) is 5.10 Å². The highest BCUT2D eigenvalue weighted by Crippen LogP contribution is 2.28. The Morgan fingerprint density at radius 2 is 1.87 bits per heavy atom. The third-order valence-electron chi connectivity index (χ3n) is 5.63. The quantitative estimate of drug-likeness (QED) is 0.462. The summed E-state index contributed by atoms with van der Waals surface area (Å²) in [5.41, 5.74) is 4.77. The van der Waals surface area contributed by atoms with Crippen LogP contribution in [-0.4, -0.2) is 34.7 Å². The number of benzene rings is 2. The van der Waals surface area contributed by atoms with Crippen molar-refractivity contribution in [1.82, 2.24) is 14.7 Å². The van der Waals surface area contributed by atoms with Crippen LogP contribution in [0.5, 0.6) is 5.75 Å². The molecule has 0 spiro atoms. The molecule has 6 heteroatoms. The lowest BCUT2D eigenvalue weighted by Gasteiger charge is -2.25. The molecule has 5 nitrogen and oxygen atoms in total. The van der Waals surface area contributed by atoms with Gasteiger partial charge in [0.05, 0.1) is 25.4 Å². The first kappa shape index (κ1) is 22.6. The van der Waals surface area contributed by atoms with E-state index in [9.17, 15) is 4.79 Å². The molecule has 1 amide bonds. The summed E-state index contributed by atoms with van der Waals surface area (Å²) >= 11 is 6.30. The molecule has 0 aliphatic rings. The minimum atomic E-state index is -0.126. The summed E-state index contributed by atoms with van der Waals surface area (Å²) in [6.45, 7) is 6.52. The molecule has 1 unspecified atom stereocenters. The average Bonchev–Trinajstić information content (AvgIpc) is 3.04. The molecule has 3 rings (SSSR count). The van der Waals surface area contributed by atoms with Gasteiger partial charge in [0.15, 0.2) is 0 Å². The van der Waals surface area contributed by atoms with E-state index in [2.05, 4.69) is 5.10 Å². The van der Waals surface area contributed by atoms with Crippen LogP contribution in [-0.2, 0) is 11.3 Å². The standard InChI is InChI=1S/C25H28ClN3O2/c1-17-21(19(3)29(27-17)16-20-10-6-8-12-23(20)26)14-15-25(30)28(4)18(2)22-11-7-9-13-24(22)31-5/h6-15,18H,16H2,1-5H3/b15-14+. The summed E-state index contributed by atoms with van der Waals surface area (Å²) in [7, 11) is 3.43. The molecule has 0 radical (unpaired) electrons. The van der Waals surface area contributed by atoms with Gasteiger partial charge in [-0.3, -0.25) is 9.48 Å². The van der Waals surface area contributed by atoms with Crippen molar-refractivity contribution in [3.8, 4) is 5.75 Å². The number of aromatic nitrogens is 2. The number of nitrogens with zero attached hydrogens (tertiary/aromatic N) is 3. The van der Waals surface area contributed by atoms with Gasteiger partial charge in [-0.25, -0.2) is 0 Å². The smallest absolute Gasteiger partial charge is 0.246 e. The van der Waals surface area contributed by atoms with Crippen LogP contribution in [0.15, 0.2) is 54.6 Å². The Hall–Kier alpha value is -3.05. The Kier molecular flexibility index (Phi) is 7.18. The summed E-state index contributed by atoms with van der Waals surface area (Å²) in [6.07, 6.45) is 3.44. The molecule has 1 aromatic heterocycles. The fraction of sp³-hybridized carbons (Fsp3) is 0.280. The first-order valence-corrected chi connectivity index (χ1v) is 10.6. The van der Waals surface area contributed by atoms with E-state index in [0.29, 0.717) is 11.6 Å². The zero-order chi connectivity index (χ0) is 22.5. The van der Waals surface area contributed by atoms with E-state index in [-0.39, 0.29) is 11.9 Å².